The lowest BCUT2D eigenvalue weighted by molar-refractivity contribution is -0.194. The standard InChI is InChI=1S/C30H38N2O6S/c1-16(2)20-15-30-13-10-21-28(3,11-5-12-29(21,4)27(35)36)22(30)14-19(20)23-24(30)26(34)32(25(23)33)17-6-8-18(9-7-17)39(31,37)38/h6-9,15-16,19,21-24H,5,10-14H2,1-4H3,(H,35,36)(H2,31,37,38). The van der Waals surface area contributed by atoms with E-state index in [2.05, 4.69) is 26.8 Å². The number of benzene rings is 1. The van der Waals surface area contributed by atoms with Gasteiger partial charge in [-0.3, -0.25) is 19.3 Å². The minimum atomic E-state index is -3.90. The number of rotatable bonds is 4. The molecule has 3 N–H and O–H groups in total. The van der Waals surface area contributed by atoms with E-state index in [1.807, 2.05) is 6.92 Å². The van der Waals surface area contributed by atoms with Gasteiger partial charge in [-0.2, -0.15) is 0 Å². The number of hydrogen-bond acceptors (Lipinski definition) is 5. The molecule has 8 nitrogen and oxygen atoms in total. The first-order chi connectivity index (χ1) is 18.2. The van der Waals surface area contributed by atoms with Crippen LogP contribution in [0.1, 0.15) is 66.2 Å². The first-order valence-corrected chi connectivity index (χ1v) is 15.7. The van der Waals surface area contributed by atoms with Crippen molar-refractivity contribution >= 4 is 33.5 Å². The molecule has 6 aliphatic rings. The molecule has 0 aromatic heterocycles. The van der Waals surface area contributed by atoms with Crippen LogP contribution in [-0.2, 0) is 24.4 Å². The summed E-state index contributed by atoms with van der Waals surface area (Å²) in [6.07, 6.45) is 7.01. The Morgan fingerprint density at radius 1 is 1.05 bits per heavy atom. The number of primary sulfonamides is 1. The van der Waals surface area contributed by atoms with Gasteiger partial charge in [-0.1, -0.05) is 38.8 Å². The third-order valence-electron chi connectivity index (χ3n) is 11.6. The quantitative estimate of drug-likeness (QED) is 0.420. The fraction of sp³-hybridized carbons (Fsp3) is 0.633. The molecule has 4 fully saturated rings. The van der Waals surface area contributed by atoms with Gasteiger partial charge >= 0.3 is 5.97 Å². The van der Waals surface area contributed by atoms with Crippen LogP contribution in [0.5, 0.6) is 0 Å². The number of amides is 2. The summed E-state index contributed by atoms with van der Waals surface area (Å²) in [5.74, 6) is -1.80. The van der Waals surface area contributed by atoms with E-state index in [0.717, 1.165) is 25.7 Å². The zero-order valence-corrected chi connectivity index (χ0v) is 23.8. The second-order valence-electron chi connectivity index (χ2n) is 13.5. The van der Waals surface area contributed by atoms with Crippen molar-refractivity contribution in [2.45, 2.75) is 71.1 Å². The number of carbonyl (C=O) groups is 3. The summed E-state index contributed by atoms with van der Waals surface area (Å²) in [6, 6.07) is 5.64. The molecule has 1 saturated heterocycles. The minimum absolute atomic E-state index is 0.0228. The number of aliphatic carboxylic acids is 1. The van der Waals surface area contributed by atoms with Crippen LogP contribution in [0.25, 0.3) is 0 Å². The second kappa shape index (κ2) is 8.26. The largest absolute Gasteiger partial charge is 0.481 e. The zero-order valence-electron chi connectivity index (χ0n) is 23.0. The summed E-state index contributed by atoms with van der Waals surface area (Å²) >= 11 is 0. The Balaban J connectivity index is 1.46. The van der Waals surface area contributed by atoms with Crippen molar-refractivity contribution in [2.24, 2.45) is 56.9 Å². The molecule has 1 aromatic rings. The number of nitrogens with zero attached hydrogens (tertiary/aromatic N) is 1. The molecule has 9 heteroatoms. The number of carboxylic acids is 1. The Bertz CT molecular complexity index is 1420. The fourth-order valence-corrected chi connectivity index (χ4v) is 10.5. The number of allylic oxidation sites excluding steroid dienone is 2. The fourth-order valence-electron chi connectivity index (χ4n) is 10.00. The van der Waals surface area contributed by atoms with Crippen LogP contribution in [0.3, 0.4) is 0 Å². The normalized spacial score (nSPS) is 41.2. The van der Waals surface area contributed by atoms with Crippen molar-refractivity contribution in [1.29, 1.82) is 0 Å². The third-order valence-corrected chi connectivity index (χ3v) is 12.5. The maximum Gasteiger partial charge on any atom is 0.309 e. The van der Waals surface area contributed by atoms with Gasteiger partial charge in [-0.25, -0.2) is 13.6 Å². The summed E-state index contributed by atoms with van der Waals surface area (Å²) in [6.45, 7) is 8.46. The number of carboxylic acid groups (broad SMARTS) is 1. The molecule has 3 saturated carbocycles. The molecule has 1 spiro atoms. The highest BCUT2D eigenvalue weighted by Gasteiger charge is 2.73. The average Bonchev–Trinajstić information content (AvgIpc) is 3.14. The van der Waals surface area contributed by atoms with Gasteiger partial charge in [-0.05, 0) is 92.4 Å². The molecule has 2 bridgehead atoms. The molecule has 1 heterocycles. The van der Waals surface area contributed by atoms with E-state index in [0.29, 0.717) is 18.5 Å². The van der Waals surface area contributed by atoms with Crippen molar-refractivity contribution in [3.8, 4) is 0 Å². The lowest BCUT2D eigenvalue weighted by Crippen LogP contribution is -2.65. The number of carbonyl (C=O) groups excluding carboxylic acids is 2. The molecule has 8 unspecified atom stereocenters. The van der Waals surface area contributed by atoms with Gasteiger partial charge in [0.1, 0.15) is 0 Å². The van der Waals surface area contributed by atoms with Crippen molar-refractivity contribution in [2.75, 3.05) is 4.90 Å². The molecule has 8 atom stereocenters. The molecule has 39 heavy (non-hydrogen) atoms. The lowest BCUT2D eigenvalue weighted by atomic mass is 9.34. The predicted octanol–water partition coefficient (Wildman–Crippen LogP) is 4.35. The highest BCUT2D eigenvalue weighted by atomic mass is 32.2. The highest BCUT2D eigenvalue weighted by Crippen LogP contribution is 2.74. The van der Waals surface area contributed by atoms with E-state index in [4.69, 9.17) is 5.14 Å². The molecule has 210 valence electrons. The average molecular weight is 555 g/mol. The van der Waals surface area contributed by atoms with Crippen LogP contribution in [0.2, 0.25) is 0 Å². The van der Waals surface area contributed by atoms with E-state index >= 15 is 0 Å². The van der Waals surface area contributed by atoms with E-state index in [-0.39, 0.29) is 45.8 Å². The maximum atomic E-state index is 14.3. The van der Waals surface area contributed by atoms with Crippen LogP contribution >= 0.6 is 0 Å². The Kier molecular flexibility index (Phi) is 5.65. The van der Waals surface area contributed by atoms with Crippen LogP contribution in [0, 0.1) is 51.8 Å². The maximum absolute atomic E-state index is 14.3. The second-order valence-corrected chi connectivity index (χ2v) is 15.1. The summed E-state index contributed by atoms with van der Waals surface area (Å²) < 4.78 is 23.5. The van der Waals surface area contributed by atoms with Gasteiger partial charge in [0.25, 0.3) is 0 Å². The molecule has 1 aliphatic heterocycles. The van der Waals surface area contributed by atoms with Crippen LogP contribution in [0.4, 0.5) is 5.69 Å². The van der Waals surface area contributed by atoms with Crippen molar-refractivity contribution in [3.63, 3.8) is 0 Å². The van der Waals surface area contributed by atoms with E-state index in [1.165, 1.54) is 34.7 Å². The van der Waals surface area contributed by atoms with Crippen molar-refractivity contribution in [3.05, 3.63) is 35.9 Å². The van der Waals surface area contributed by atoms with Crippen LogP contribution < -0.4 is 10.0 Å². The van der Waals surface area contributed by atoms with Crippen LogP contribution in [0.15, 0.2) is 40.8 Å². The van der Waals surface area contributed by atoms with Gasteiger partial charge < -0.3 is 5.11 Å². The van der Waals surface area contributed by atoms with E-state index in [9.17, 15) is 27.9 Å². The summed E-state index contributed by atoms with van der Waals surface area (Å²) in [4.78, 5) is 42.1. The SMILES string of the molecule is CC(C)C1=CC23CCC4C(C)(C(=O)O)CCCC4(C)C2CC1C1C(=O)N(c2ccc(S(N)(=O)=O)cc2)C(=O)C13. The summed E-state index contributed by atoms with van der Waals surface area (Å²) in [5.41, 5.74) is 0.0882. The van der Waals surface area contributed by atoms with Crippen LogP contribution in [-0.4, -0.2) is 31.3 Å². The summed E-state index contributed by atoms with van der Waals surface area (Å²) in [5, 5.41) is 15.5. The first-order valence-electron chi connectivity index (χ1n) is 14.1. The molecular formula is C30H38N2O6S. The van der Waals surface area contributed by atoms with Gasteiger partial charge in [0.2, 0.25) is 21.8 Å². The van der Waals surface area contributed by atoms with Gasteiger partial charge in [0.05, 0.1) is 27.8 Å². The Hall–Kier alpha value is -2.52. The molecule has 2 amide bonds. The Labute approximate surface area is 230 Å². The first kappa shape index (κ1) is 26.7. The number of sulfonamides is 1. The molecule has 7 rings (SSSR count). The highest BCUT2D eigenvalue weighted by molar-refractivity contribution is 7.89. The molecule has 1 aromatic carbocycles. The predicted molar refractivity (Wildman–Crippen MR) is 145 cm³/mol. The topological polar surface area (TPSA) is 135 Å². The lowest BCUT2D eigenvalue weighted by Gasteiger charge is -2.68. The Morgan fingerprint density at radius 3 is 2.31 bits per heavy atom. The monoisotopic (exact) mass is 554 g/mol. The van der Waals surface area contributed by atoms with E-state index in [1.54, 1.807) is 0 Å². The number of fused-ring (bicyclic) bond motifs is 1. The number of hydrogen-bond donors (Lipinski definition) is 2. The van der Waals surface area contributed by atoms with Gasteiger partial charge in [-0.15, -0.1) is 0 Å². The van der Waals surface area contributed by atoms with Crippen molar-refractivity contribution < 1.29 is 27.9 Å². The van der Waals surface area contributed by atoms with E-state index < -0.39 is 38.7 Å². The number of nitrogens with two attached hydrogens (primary N) is 1. The molecule has 5 aliphatic carbocycles. The summed E-state index contributed by atoms with van der Waals surface area (Å²) in [7, 11) is -3.90. The van der Waals surface area contributed by atoms with Crippen molar-refractivity contribution in [1.82, 2.24) is 0 Å². The smallest absolute Gasteiger partial charge is 0.309 e. The molecule has 0 radical (unpaired) electrons. The number of anilines is 1. The van der Waals surface area contributed by atoms with Gasteiger partial charge in [0, 0.05) is 5.41 Å². The Morgan fingerprint density at radius 2 is 1.72 bits per heavy atom. The molecular weight excluding hydrogens is 516 g/mol. The minimum Gasteiger partial charge on any atom is -0.481 e. The zero-order chi connectivity index (χ0) is 28.3. The van der Waals surface area contributed by atoms with Gasteiger partial charge in [0.15, 0.2) is 0 Å². The number of imide groups is 1. The third kappa shape index (κ3) is 3.38.